The average Bonchev–Trinajstić information content (AvgIpc) is 2.83. The number of nitrogens with two attached hydrogens (primary N) is 1. The second-order valence-corrected chi connectivity index (χ2v) is 6.03. The number of rotatable bonds is 7. The minimum Gasteiger partial charge on any atom is -0.330 e. The molecule has 0 aromatic carbocycles. The smallest absolute Gasteiger partial charge is 0.211 e. The molecule has 84 valence electrons. The molecule has 0 amide bonds. The van der Waals surface area contributed by atoms with Crippen molar-refractivity contribution in [1.82, 2.24) is 4.72 Å². The van der Waals surface area contributed by atoms with Gasteiger partial charge in [0.25, 0.3) is 0 Å². The molecule has 3 N–H and O–H groups in total. The maximum atomic E-state index is 11.4. The van der Waals surface area contributed by atoms with Crippen molar-refractivity contribution in [2.75, 3.05) is 12.3 Å². The van der Waals surface area contributed by atoms with Gasteiger partial charge in [-0.2, -0.15) is 0 Å². The van der Waals surface area contributed by atoms with Gasteiger partial charge < -0.3 is 5.73 Å². The maximum Gasteiger partial charge on any atom is 0.211 e. The van der Waals surface area contributed by atoms with Gasteiger partial charge >= 0.3 is 0 Å². The molecule has 1 aliphatic carbocycles. The van der Waals surface area contributed by atoms with Crippen LogP contribution in [0, 0.1) is 5.92 Å². The molecule has 1 unspecified atom stereocenters. The summed E-state index contributed by atoms with van der Waals surface area (Å²) in [6.45, 7) is 2.36. The Morgan fingerprint density at radius 3 is 2.64 bits per heavy atom. The van der Waals surface area contributed by atoms with Gasteiger partial charge in [0, 0.05) is 6.04 Å². The SMILES string of the molecule is CC(CC1CC1)NS(=O)(=O)CCCN. The van der Waals surface area contributed by atoms with Crippen molar-refractivity contribution in [3.05, 3.63) is 0 Å². The van der Waals surface area contributed by atoms with Crippen LogP contribution in [0.25, 0.3) is 0 Å². The lowest BCUT2D eigenvalue weighted by molar-refractivity contribution is 0.528. The molecule has 0 aromatic heterocycles. The zero-order chi connectivity index (χ0) is 10.6. The summed E-state index contributed by atoms with van der Waals surface area (Å²) in [5, 5.41) is 0. The molecule has 1 atom stereocenters. The summed E-state index contributed by atoms with van der Waals surface area (Å²) < 4.78 is 25.5. The molecule has 14 heavy (non-hydrogen) atoms. The number of sulfonamides is 1. The summed E-state index contributed by atoms with van der Waals surface area (Å²) in [5.74, 6) is 0.903. The van der Waals surface area contributed by atoms with Gasteiger partial charge in [0.1, 0.15) is 0 Å². The Morgan fingerprint density at radius 1 is 1.50 bits per heavy atom. The van der Waals surface area contributed by atoms with Gasteiger partial charge in [-0.1, -0.05) is 12.8 Å². The molecule has 1 saturated carbocycles. The van der Waals surface area contributed by atoms with Gasteiger partial charge in [-0.05, 0) is 32.2 Å². The van der Waals surface area contributed by atoms with Crippen LogP contribution in [0.2, 0.25) is 0 Å². The first kappa shape index (κ1) is 11.9. The van der Waals surface area contributed by atoms with Crippen LogP contribution in [0.15, 0.2) is 0 Å². The quantitative estimate of drug-likeness (QED) is 0.654. The van der Waals surface area contributed by atoms with E-state index in [-0.39, 0.29) is 11.8 Å². The van der Waals surface area contributed by atoms with E-state index in [1.807, 2.05) is 6.92 Å². The van der Waals surface area contributed by atoms with Crippen molar-refractivity contribution in [2.24, 2.45) is 11.7 Å². The normalized spacial score (nSPS) is 19.6. The molecule has 0 aliphatic heterocycles. The number of nitrogens with one attached hydrogen (secondary N) is 1. The molecule has 1 fully saturated rings. The van der Waals surface area contributed by atoms with Crippen molar-refractivity contribution in [3.8, 4) is 0 Å². The maximum absolute atomic E-state index is 11.4. The monoisotopic (exact) mass is 220 g/mol. The summed E-state index contributed by atoms with van der Waals surface area (Å²) in [5.41, 5.74) is 5.27. The first-order valence-corrected chi connectivity index (χ1v) is 6.89. The molecule has 1 rings (SSSR count). The first-order valence-electron chi connectivity index (χ1n) is 5.23. The topological polar surface area (TPSA) is 72.2 Å². The van der Waals surface area contributed by atoms with E-state index >= 15 is 0 Å². The molecular weight excluding hydrogens is 200 g/mol. The van der Waals surface area contributed by atoms with E-state index < -0.39 is 10.0 Å². The summed E-state index contributed by atoms with van der Waals surface area (Å²) in [7, 11) is -3.09. The molecule has 0 aromatic rings. The Hall–Kier alpha value is -0.130. The van der Waals surface area contributed by atoms with E-state index in [9.17, 15) is 8.42 Å². The van der Waals surface area contributed by atoms with Crippen molar-refractivity contribution < 1.29 is 8.42 Å². The van der Waals surface area contributed by atoms with E-state index in [0.29, 0.717) is 13.0 Å². The molecule has 0 saturated heterocycles. The summed E-state index contributed by atoms with van der Waals surface area (Å²) >= 11 is 0. The Labute approximate surface area is 86.3 Å². The molecule has 5 heteroatoms. The van der Waals surface area contributed by atoms with Gasteiger partial charge in [0.15, 0.2) is 0 Å². The highest BCUT2D eigenvalue weighted by atomic mass is 32.2. The second kappa shape index (κ2) is 5.09. The van der Waals surface area contributed by atoms with Gasteiger partial charge in [-0.3, -0.25) is 0 Å². The van der Waals surface area contributed by atoms with Gasteiger partial charge in [-0.15, -0.1) is 0 Å². The highest BCUT2D eigenvalue weighted by molar-refractivity contribution is 7.89. The summed E-state index contributed by atoms with van der Waals surface area (Å²) in [6.07, 6.45) is 4.02. The average molecular weight is 220 g/mol. The van der Waals surface area contributed by atoms with Crippen molar-refractivity contribution >= 4 is 10.0 Å². The Balaban J connectivity index is 2.25. The van der Waals surface area contributed by atoms with Crippen LogP contribution in [-0.2, 0) is 10.0 Å². The van der Waals surface area contributed by atoms with Crippen LogP contribution >= 0.6 is 0 Å². The number of hydrogen-bond acceptors (Lipinski definition) is 3. The highest BCUT2D eigenvalue weighted by Crippen LogP contribution is 2.33. The van der Waals surface area contributed by atoms with E-state index in [1.54, 1.807) is 0 Å². The predicted molar refractivity (Wildman–Crippen MR) is 57.4 cm³/mol. The fourth-order valence-electron chi connectivity index (χ4n) is 1.54. The third kappa shape index (κ3) is 4.93. The fourth-order valence-corrected chi connectivity index (χ4v) is 2.91. The molecule has 1 aliphatic rings. The van der Waals surface area contributed by atoms with Crippen molar-refractivity contribution in [3.63, 3.8) is 0 Å². The summed E-state index contributed by atoms with van der Waals surface area (Å²) in [6, 6.07) is 0.0743. The van der Waals surface area contributed by atoms with Crippen LogP contribution in [0.3, 0.4) is 0 Å². The third-order valence-electron chi connectivity index (χ3n) is 2.38. The Bertz CT molecular complexity index is 260. The lowest BCUT2D eigenvalue weighted by Crippen LogP contribution is -2.35. The van der Waals surface area contributed by atoms with E-state index in [1.165, 1.54) is 12.8 Å². The highest BCUT2D eigenvalue weighted by Gasteiger charge is 2.25. The van der Waals surface area contributed by atoms with Crippen LogP contribution < -0.4 is 10.5 Å². The molecule has 0 spiro atoms. The van der Waals surface area contributed by atoms with Crippen LogP contribution in [0.5, 0.6) is 0 Å². The fraction of sp³-hybridized carbons (Fsp3) is 1.00. The lowest BCUT2D eigenvalue weighted by atomic mass is 10.2. The third-order valence-corrected chi connectivity index (χ3v) is 3.97. The largest absolute Gasteiger partial charge is 0.330 e. The van der Waals surface area contributed by atoms with Crippen LogP contribution in [-0.4, -0.2) is 26.8 Å². The molecule has 0 heterocycles. The Morgan fingerprint density at radius 2 is 2.14 bits per heavy atom. The van der Waals surface area contributed by atoms with Crippen LogP contribution in [0.4, 0.5) is 0 Å². The van der Waals surface area contributed by atoms with E-state index in [0.717, 1.165) is 12.3 Å². The predicted octanol–water partition coefficient (Wildman–Crippen LogP) is 0.443. The molecular formula is C9H20N2O2S. The Kier molecular flexibility index (Phi) is 4.34. The minimum absolute atomic E-state index is 0.0743. The zero-order valence-electron chi connectivity index (χ0n) is 8.70. The second-order valence-electron chi connectivity index (χ2n) is 4.16. The number of hydrogen-bond donors (Lipinski definition) is 2. The molecule has 0 radical (unpaired) electrons. The van der Waals surface area contributed by atoms with Crippen molar-refractivity contribution in [2.45, 2.75) is 38.6 Å². The van der Waals surface area contributed by atoms with E-state index in [4.69, 9.17) is 5.73 Å². The standard InChI is InChI=1S/C9H20N2O2S/c1-8(7-9-3-4-9)11-14(12,13)6-2-5-10/h8-9,11H,2-7,10H2,1H3. The van der Waals surface area contributed by atoms with Crippen molar-refractivity contribution in [1.29, 1.82) is 0 Å². The van der Waals surface area contributed by atoms with Gasteiger partial charge in [-0.25, -0.2) is 13.1 Å². The van der Waals surface area contributed by atoms with Gasteiger partial charge in [0.05, 0.1) is 5.75 Å². The van der Waals surface area contributed by atoms with Gasteiger partial charge in [0.2, 0.25) is 10.0 Å². The van der Waals surface area contributed by atoms with E-state index in [2.05, 4.69) is 4.72 Å². The molecule has 0 bridgehead atoms. The lowest BCUT2D eigenvalue weighted by Gasteiger charge is -2.13. The molecule has 4 nitrogen and oxygen atoms in total. The first-order chi connectivity index (χ1) is 6.53. The van der Waals surface area contributed by atoms with Crippen LogP contribution in [0.1, 0.15) is 32.6 Å². The zero-order valence-corrected chi connectivity index (χ0v) is 9.52. The minimum atomic E-state index is -3.09. The summed E-state index contributed by atoms with van der Waals surface area (Å²) in [4.78, 5) is 0.